The van der Waals surface area contributed by atoms with Crippen molar-refractivity contribution in [1.29, 1.82) is 0 Å². The summed E-state index contributed by atoms with van der Waals surface area (Å²) in [7, 11) is 0. The van der Waals surface area contributed by atoms with E-state index in [9.17, 15) is 19.2 Å². The number of carbonyl (C=O) groups is 4. The Hall–Kier alpha value is -5.78. The fourth-order valence-corrected chi connectivity index (χ4v) is 6.53. The first-order valence-corrected chi connectivity index (χ1v) is 16.7. The quantitative estimate of drug-likeness (QED) is 0.111. The molecule has 1 aromatic heterocycles. The smallest absolute Gasteiger partial charge is 0.272 e. The number of thiophene rings is 1. The van der Waals surface area contributed by atoms with E-state index in [1.165, 1.54) is 28.1 Å². The second kappa shape index (κ2) is 15.2. The maximum absolute atomic E-state index is 13.7. The van der Waals surface area contributed by atoms with Gasteiger partial charge in [-0.2, -0.15) is 21.4 Å². The first-order chi connectivity index (χ1) is 23.4. The van der Waals surface area contributed by atoms with Gasteiger partial charge in [-0.05, 0) is 76.5 Å². The third kappa shape index (κ3) is 8.13. The number of nitrogens with zero attached hydrogens (tertiary/aromatic N) is 2. The lowest BCUT2D eigenvalue weighted by Gasteiger charge is -2.17. The van der Waals surface area contributed by atoms with E-state index in [1.807, 2.05) is 77.5 Å². The van der Waals surface area contributed by atoms with Gasteiger partial charge in [0.25, 0.3) is 17.7 Å². The highest BCUT2D eigenvalue weighted by molar-refractivity contribution is 8.00. The molecule has 0 bridgehead atoms. The molecule has 1 unspecified atom stereocenters. The minimum absolute atomic E-state index is 0.0314. The van der Waals surface area contributed by atoms with Gasteiger partial charge < -0.3 is 16.0 Å². The van der Waals surface area contributed by atoms with Crippen molar-refractivity contribution in [3.05, 3.63) is 154 Å². The number of thioether (sulfide) groups is 1. The summed E-state index contributed by atoms with van der Waals surface area (Å²) in [5.74, 6) is -1.23. The van der Waals surface area contributed by atoms with Crippen LogP contribution in [0, 0.1) is 0 Å². The highest BCUT2D eigenvalue weighted by Gasteiger charge is 2.29. The summed E-state index contributed by atoms with van der Waals surface area (Å²) in [6, 6.07) is 36.0. The molecule has 4 aromatic carbocycles. The minimum atomic E-state index is -0.695. The second-order valence-electron chi connectivity index (χ2n) is 10.6. The molecular weight excluding hydrogens is 643 g/mol. The Morgan fingerprint density at radius 1 is 0.833 bits per heavy atom. The third-order valence-corrected chi connectivity index (χ3v) is 9.06. The molecule has 11 heteroatoms. The Labute approximate surface area is 285 Å². The molecule has 1 atom stereocenters. The summed E-state index contributed by atoms with van der Waals surface area (Å²) < 4.78 is 0. The molecule has 0 spiro atoms. The van der Waals surface area contributed by atoms with Crippen molar-refractivity contribution in [3.8, 4) is 0 Å². The van der Waals surface area contributed by atoms with Crippen LogP contribution in [0.5, 0.6) is 0 Å². The van der Waals surface area contributed by atoms with Crippen molar-refractivity contribution in [3.63, 3.8) is 0 Å². The van der Waals surface area contributed by atoms with Gasteiger partial charge in [-0.25, -0.2) is 0 Å². The monoisotopic (exact) mass is 671 g/mol. The van der Waals surface area contributed by atoms with Crippen molar-refractivity contribution >= 4 is 70.0 Å². The Kier molecular flexibility index (Phi) is 10.2. The molecule has 0 radical (unpaired) electrons. The van der Waals surface area contributed by atoms with Crippen LogP contribution in [0.25, 0.3) is 6.08 Å². The number of anilines is 2. The highest BCUT2D eigenvalue weighted by Crippen LogP contribution is 2.37. The zero-order valence-corrected chi connectivity index (χ0v) is 27.0. The predicted octanol–water partition coefficient (Wildman–Crippen LogP) is 6.86. The SMILES string of the molecule is O=C(Nc1cccc(SC(C(=O)NC2=NN(c3ccccc3)C(=O)C2)c2ccccc2)c1)/C(=C/c1ccsc1)NC(=O)c1ccccc1. The average molecular weight is 672 g/mol. The van der Waals surface area contributed by atoms with Crippen LogP contribution < -0.4 is 21.0 Å². The van der Waals surface area contributed by atoms with Crippen LogP contribution in [-0.4, -0.2) is 29.5 Å². The number of para-hydroxylation sites is 1. The number of amides is 4. The number of hydrogen-bond acceptors (Lipinski definition) is 7. The lowest BCUT2D eigenvalue weighted by molar-refractivity contribution is -0.119. The molecule has 5 aromatic rings. The zero-order valence-electron chi connectivity index (χ0n) is 25.4. The van der Waals surface area contributed by atoms with Crippen molar-refractivity contribution < 1.29 is 19.2 Å². The van der Waals surface area contributed by atoms with Gasteiger partial charge in [0.15, 0.2) is 0 Å². The Morgan fingerprint density at radius 3 is 2.25 bits per heavy atom. The molecule has 238 valence electrons. The molecule has 1 aliphatic rings. The van der Waals surface area contributed by atoms with E-state index >= 15 is 0 Å². The molecule has 2 heterocycles. The number of rotatable bonds is 10. The third-order valence-electron chi connectivity index (χ3n) is 7.11. The normalized spacial score (nSPS) is 13.4. The fraction of sp³-hybridized carbons (Fsp3) is 0.0541. The summed E-state index contributed by atoms with van der Waals surface area (Å²) in [6.45, 7) is 0. The van der Waals surface area contributed by atoms with E-state index in [-0.39, 0.29) is 29.8 Å². The van der Waals surface area contributed by atoms with Crippen molar-refractivity contribution in [2.24, 2.45) is 5.10 Å². The lowest BCUT2D eigenvalue weighted by atomic mass is 10.1. The van der Waals surface area contributed by atoms with Crippen LogP contribution in [0.1, 0.15) is 33.2 Å². The van der Waals surface area contributed by atoms with E-state index in [0.29, 0.717) is 21.8 Å². The van der Waals surface area contributed by atoms with E-state index in [0.717, 1.165) is 11.1 Å². The van der Waals surface area contributed by atoms with E-state index in [4.69, 9.17) is 0 Å². The van der Waals surface area contributed by atoms with Gasteiger partial charge in [0.2, 0.25) is 5.91 Å². The first-order valence-electron chi connectivity index (χ1n) is 14.9. The molecule has 0 saturated carbocycles. The molecule has 0 aliphatic carbocycles. The van der Waals surface area contributed by atoms with Crippen LogP contribution in [0.4, 0.5) is 11.4 Å². The molecular formula is C37H29N5O4S2. The standard InChI is InChI=1S/C37H29N5O4S2/c43-33-23-32(41-42(33)29-16-8-3-9-17-29)40-37(46)34(26-11-4-1-5-12-26)48-30-18-10-15-28(22-30)38-36(45)31(21-25-19-20-47-24-25)39-35(44)27-13-6-2-7-14-27/h1-22,24,34H,23H2,(H,38,45)(H,39,44)(H,40,41,46)/b31-21-. The van der Waals surface area contributed by atoms with Gasteiger partial charge in [-0.15, -0.1) is 11.8 Å². The van der Waals surface area contributed by atoms with Crippen molar-refractivity contribution in [2.75, 3.05) is 10.3 Å². The maximum atomic E-state index is 13.7. The molecule has 3 N–H and O–H groups in total. The van der Waals surface area contributed by atoms with Crippen LogP contribution >= 0.6 is 23.1 Å². The Bertz CT molecular complexity index is 1980. The van der Waals surface area contributed by atoms with Gasteiger partial charge in [-0.3, -0.25) is 19.2 Å². The topological polar surface area (TPSA) is 120 Å². The molecule has 0 saturated heterocycles. The van der Waals surface area contributed by atoms with Crippen molar-refractivity contribution in [1.82, 2.24) is 10.6 Å². The van der Waals surface area contributed by atoms with E-state index in [2.05, 4.69) is 21.1 Å². The molecule has 6 rings (SSSR count). The average Bonchev–Trinajstić information content (AvgIpc) is 3.77. The van der Waals surface area contributed by atoms with Crippen LogP contribution in [0.2, 0.25) is 0 Å². The number of hydrazone groups is 1. The van der Waals surface area contributed by atoms with Gasteiger partial charge in [0, 0.05) is 16.1 Å². The molecule has 48 heavy (non-hydrogen) atoms. The number of hydrogen-bond donors (Lipinski definition) is 3. The van der Waals surface area contributed by atoms with Gasteiger partial charge in [0.05, 0.1) is 12.1 Å². The van der Waals surface area contributed by atoms with Crippen LogP contribution in [-0.2, 0) is 14.4 Å². The predicted molar refractivity (Wildman–Crippen MR) is 190 cm³/mol. The number of nitrogens with one attached hydrogen (secondary N) is 3. The second-order valence-corrected chi connectivity index (χ2v) is 12.5. The van der Waals surface area contributed by atoms with Crippen LogP contribution in [0.15, 0.2) is 148 Å². The first kappa shape index (κ1) is 32.2. The Morgan fingerprint density at radius 2 is 1.54 bits per heavy atom. The van der Waals surface area contributed by atoms with Crippen molar-refractivity contribution in [2.45, 2.75) is 16.6 Å². The zero-order chi connectivity index (χ0) is 33.3. The minimum Gasteiger partial charge on any atom is -0.321 e. The highest BCUT2D eigenvalue weighted by atomic mass is 32.2. The molecule has 9 nitrogen and oxygen atoms in total. The lowest BCUT2D eigenvalue weighted by Crippen LogP contribution is -2.33. The summed E-state index contributed by atoms with van der Waals surface area (Å²) in [5, 5.41) is 17.2. The summed E-state index contributed by atoms with van der Waals surface area (Å²) in [6.07, 6.45) is 1.59. The Balaban J connectivity index is 1.19. The van der Waals surface area contributed by atoms with Gasteiger partial charge in [0.1, 0.15) is 16.8 Å². The number of amidine groups is 1. The summed E-state index contributed by atoms with van der Waals surface area (Å²) in [5.41, 5.74) is 3.13. The van der Waals surface area contributed by atoms with Gasteiger partial charge in [-0.1, -0.05) is 72.8 Å². The molecule has 1 aliphatic heterocycles. The van der Waals surface area contributed by atoms with Gasteiger partial charge >= 0.3 is 0 Å². The fourth-order valence-electron chi connectivity index (χ4n) is 4.83. The molecule has 0 fully saturated rings. The number of carbonyl (C=O) groups excluding carboxylic acids is 4. The summed E-state index contributed by atoms with van der Waals surface area (Å²) in [4.78, 5) is 53.6. The molecule has 4 amide bonds. The maximum Gasteiger partial charge on any atom is 0.272 e. The summed E-state index contributed by atoms with van der Waals surface area (Å²) >= 11 is 2.77. The van der Waals surface area contributed by atoms with Crippen LogP contribution in [0.3, 0.4) is 0 Å². The van der Waals surface area contributed by atoms with E-state index in [1.54, 1.807) is 60.7 Å². The number of benzene rings is 4. The van der Waals surface area contributed by atoms with E-state index < -0.39 is 17.1 Å². The largest absolute Gasteiger partial charge is 0.321 e.